The Labute approximate surface area is 91.2 Å². The summed E-state index contributed by atoms with van der Waals surface area (Å²) < 4.78 is 4.98. The number of nitrogens with two attached hydrogens (primary N) is 1. The highest BCUT2D eigenvalue weighted by Gasteiger charge is 2.11. The summed E-state index contributed by atoms with van der Waals surface area (Å²) in [4.78, 5) is 10.0. The largest absolute Gasteiger partial charge is 0.495 e. The van der Waals surface area contributed by atoms with E-state index in [1.165, 1.54) is 25.3 Å². The molecule has 7 heteroatoms. The van der Waals surface area contributed by atoms with Crippen LogP contribution in [0.3, 0.4) is 0 Å². The number of nitro groups is 1. The van der Waals surface area contributed by atoms with Crippen molar-refractivity contribution in [1.82, 2.24) is 0 Å². The Morgan fingerprint density at radius 1 is 1.67 bits per heavy atom. The Balaban J connectivity index is 3.12. The summed E-state index contributed by atoms with van der Waals surface area (Å²) in [5.74, 6) is 0.438. The monoisotopic (exact) mass is 227 g/mol. The minimum absolute atomic E-state index is 0.0220. The first-order valence-electron chi connectivity index (χ1n) is 3.93. The molecule has 6 nitrogen and oxygen atoms in total. The zero-order valence-electron chi connectivity index (χ0n) is 7.89. The van der Waals surface area contributed by atoms with E-state index in [0.29, 0.717) is 11.4 Å². The maximum Gasteiger partial charge on any atom is 0.271 e. The molecule has 0 saturated heterocycles. The molecule has 1 aromatic rings. The van der Waals surface area contributed by atoms with E-state index in [9.17, 15) is 10.1 Å². The van der Waals surface area contributed by atoms with Crippen molar-refractivity contribution in [3.05, 3.63) is 28.3 Å². The van der Waals surface area contributed by atoms with Gasteiger partial charge in [-0.15, -0.1) is 0 Å². The smallest absolute Gasteiger partial charge is 0.271 e. The van der Waals surface area contributed by atoms with E-state index >= 15 is 0 Å². The standard InChI is InChI=1S/C8H9N3O3S/c1-14-7-3-2-5(11(12)13)4-6(7)10-8(9)15/h2-4H,1H3,(H3,9,10,15). The number of thiocarbonyl (C=S) groups is 1. The SMILES string of the molecule is COc1ccc([N+](=O)[O-])cc1NC(N)=S. The maximum atomic E-state index is 10.5. The summed E-state index contributed by atoms with van der Waals surface area (Å²) in [5, 5.41) is 13.1. The number of benzene rings is 1. The van der Waals surface area contributed by atoms with Gasteiger partial charge in [-0.25, -0.2) is 0 Å². The van der Waals surface area contributed by atoms with Crippen LogP contribution in [0.15, 0.2) is 18.2 Å². The van der Waals surface area contributed by atoms with Gasteiger partial charge < -0.3 is 15.8 Å². The van der Waals surface area contributed by atoms with Crippen LogP contribution in [-0.4, -0.2) is 17.1 Å². The number of anilines is 1. The van der Waals surface area contributed by atoms with Crippen LogP contribution in [0.25, 0.3) is 0 Å². The Hall–Kier alpha value is -1.89. The molecule has 1 aromatic carbocycles. The van der Waals surface area contributed by atoms with Crippen molar-refractivity contribution in [1.29, 1.82) is 0 Å². The van der Waals surface area contributed by atoms with Gasteiger partial charge in [0.05, 0.1) is 17.7 Å². The third-order valence-electron chi connectivity index (χ3n) is 1.65. The van der Waals surface area contributed by atoms with Crippen LogP contribution in [0.2, 0.25) is 0 Å². The van der Waals surface area contributed by atoms with Crippen LogP contribution in [0, 0.1) is 10.1 Å². The molecule has 0 aliphatic carbocycles. The van der Waals surface area contributed by atoms with E-state index in [1.807, 2.05) is 0 Å². The molecule has 0 amide bonds. The highest BCUT2D eigenvalue weighted by atomic mass is 32.1. The molecule has 0 aliphatic rings. The Kier molecular flexibility index (Phi) is 3.40. The summed E-state index contributed by atoms with van der Waals surface area (Å²) in [6.45, 7) is 0. The zero-order valence-corrected chi connectivity index (χ0v) is 8.71. The molecule has 0 bridgehead atoms. The molecule has 0 aliphatic heterocycles. The highest BCUT2D eigenvalue weighted by Crippen LogP contribution is 2.28. The maximum absolute atomic E-state index is 10.5. The first-order chi connectivity index (χ1) is 7.04. The van der Waals surface area contributed by atoms with E-state index in [-0.39, 0.29) is 10.8 Å². The van der Waals surface area contributed by atoms with E-state index in [0.717, 1.165) is 0 Å². The molecule has 3 N–H and O–H groups in total. The predicted octanol–water partition coefficient (Wildman–Crippen LogP) is 1.26. The number of hydrogen-bond donors (Lipinski definition) is 2. The first-order valence-corrected chi connectivity index (χ1v) is 4.34. The van der Waals surface area contributed by atoms with Gasteiger partial charge in [0.15, 0.2) is 5.11 Å². The van der Waals surface area contributed by atoms with Gasteiger partial charge in [-0.05, 0) is 18.3 Å². The molecular formula is C8H9N3O3S. The van der Waals surface area contributed by atoms with Gasteiger partial charge in [0.2, 0.25) is 0 Å². The molecule has 15 heavy (non-hydrogen) atoms. The van der Waals surface area contributed by atoms with Crippen molar-refractivity contribution < 1.29 is 9.66 Å². The average molecular weight is 227 g/mol. The van der Waals surface area contributed by atoms with E-state index in [2.05, 4.69) is 17.5 Å². The zero-order chi connectivity index (χ0) is 11.4. The van der Waals surface area contributed by atoms with Crippen LogP contribution in [0.1, 0.15) is 0 Å². The normalized spacial score (nSPS) is 9.40. The number of nitrogens with one attached hydrogen (secondary N) is 1. The van der Waals surface area contributed by atoms with Crippen LogP contribution in [0.4, 0.5) is 11.4 Å². The molecule has 0 radical (unpaired) electrons. The number of non-ortho nitro benzene ring substituents is 1. The second kappa shape index (κ2) is 4.56. The van der Waals surface area contributed by atoms with E-state index in [4.69, 9.17) is 10.5 Å². The molecule has 0 atom stereocenters. The topological polar surface area (TPSA) is 90.4 Å². The minimum Gasteiger partial charge on any atom is -0.495 e. The number of nitrogens with zero attached hydrogens (tertiary/aromatic N) is 1. The third kappa shape index (κ3) is 2.78. The summed E-state index contributed by atoms with van der Waals surface area (Å²) >= 11 is 4.64. The van der Waals surface area contributed by atoms with Gasteiger partial charge >= 0.3 is 0 Å². The molecule has 1 rings (SSSR count). The van der Waals surface area contributed by atoms with Crippen molar-refractivity contribution in [3.8, 4) is 5.75 Å². The van der Waals surface area contributed by atoms with Gasteiger partial charge in [-0.3, -0.25) is 10.1 Å². The lowest BCUT2D eigenvalue weighted by Crippen LogP contribution is -2.19. The molecule has 0 saturated carbocycles. The van der Waals surface area contributed by atoms with Gasteiger partial charge in [-0.1, -0.05) is 0 Å². The van der Waals surface area contributed by atoms with Crippen molar-refractivity contribution in [2.45, 2.75) is 0 Å². The predicted molar refractivity (Wildman–Crippen MR) is 60.1 cm³/mol. The van der Waals surface area contributed by atoms with Crippen molar-refractivity contribution in [2.75, 3.05) is 12.4 Å². The quantitative estimate of drug-likeness (QED) is 0.459. The fourth-order valence-electron chi connectivity index (χ4n) is 1.04. The molecule has 0 spiro atoms. The number of hydrogen-bond acceptors (Lipinski definition) is 4. The Morgan fingerprint density at radius 2 is 2.33 bits per heavy atom. The van der Waals surface area contributed by atoms with Gasteiger partial charge in [0.1, 0.15) is 5.75 Å². The average Bonchev–Trinajstić information content (AvgIpc) is 2.16. The summed E-state index contributed by atoms with van der Waals surface area (Å²) in [6, 6.07) is 4.11. The molecule has 0 heterocycles. The van der Waals surface area contributed by atoms with Crippen molar-refractivity contribution >= 4 is 28.7 Å². The Morgan fingerprint density at radius 3 is 2.80 bits per heavy atom. The van der Waals surface area contributed by atoms with Gasteiger partial charge in [0.25, 0.3) is 5.69 Å². The van der Waals surface area contributed by atoms with Gasteiger partial charge in [0, 0.05) is 12.1 Å². The minimum atomic E-state index is -0.510. The molecule has 0 unspecified atom stereocenters. The number of rotatable bonds is 3. The molecular weight excluding hydrogens is 218 g/mol. The second-order valence-electron chi connectivity index (χ2n) is 2.63. The Bertz CT molecular complexity index is 408. The van der Waals surface area contributed by atoms with Gasteiger partial charge in [-0.2, -0.15) is 0 Å². The summed E-state index contributed by atoms with van der Waals surface area (Å²) in [7, 11) is 1.45. The van der Waals surface area contributed by atoms with Crippen LogP contribution in [-0.2, 0) is 0 Å². The highest BCUT2D eigenvalue weighted by molar-refractivity contribution is 7.80. The molecule has 0 fully saturated rings. The van der Waals surface area contributed by atoms with Crippen LogP contribution in [0.5, 0.6) is 5.75 Å². The number of nitro benzene ring substituents is 1. The van der Waals surface area contributed by atoms with E-state index < -0.39 is 4.92 Å². The lowest BCUT2D eigenvalue weighted by atomic mass is 10.2. The number of methoxy groups -OCH3 is 1. The lowest BCUT2D eigenvalue weighted by molar-refractivity contribution is -0.384. The fourth-order valence-corrected chi connectivity index (χ4v) is 1.15. The third-order valence-corrected chi connectivity index (χ3v) is 1.75. The van der Waals surface area contributed by atoms with E-state index in [1.54, 1.807) is 0 Å². The fraction of sp³-hybridized carbons (Fsp3) is 0.125. The van der Waals surface area contributed by atoms with Crippen molar-refractivity contribution in [2.24, 2.45) is 5.73 Å². The molecule has 80 valence electrons. The number of ether oxygens (including phenoxy) is 1. The second-order valence-corrected chi connectivity index (χ2v) is 3.07. The van der Waals surface area contributed by atoms with Crippen molar-refractivity contribution in [3.63, 3.8) is 0 Å². The molecule has 0 aromatic heterocycles. The van der Waals surface area contributed by atoms with Crippen LogP contribution < -0.4 is 15.8 Å². The first kappa shape index (κ1) is 11.2. The summed E-state index contributed by atoms with van der Waals surface area (Å²) in [6.07, 6.45) is 0. The van der Waals surface area contributed by atoms with Crippen LogP contribution >= 0.6 is 12.2 Å². The summed E-state index contributed by atoms with van der Waals surface area (Å²) in [5.41, 5.74) is 5.58. The lowest BCUT2D eigenvalue weighted by Gasteiger charge is -2.08.